The Morgan fingerprint density at radius 3 is 3.08 bits per heavy atom. The van der Waals surface area contributed by atoms with Crippen LogP contribution in [0.1, 0.15) is 13.8 Å². The smallest absolute Gasteiger partial charge is 0.0909 e. The second kappa shape index (κ2) is 5.00. The van der Waals surface area contributed by atoms with Gasteiger partial charge in [-0.15, -0.1) is 0 Å². The van der Waals surface area contributed by atoms with Crippen molar-refractivity contribution in [1.29, 1.82) is 5.26 Å². The van der Waals surface area contributed by atoms with Gasteiger partial charge in [0.25, 0.3) is 0 Å². The maximum Gasteiger partial charge on any atom is 0.0909 e. The van der Waals surface area contributed by atoms with Crippen LogP contribution in [-0.2, 0) is 4.74 Å². The molecule has 3 heteroatoms. The van der Waals surface area contributed by atoms with Gasteiger partial charge in [0.05, 0.1) is 18.8 Å². The zero-order valence-corrected chi connectivity index (χ0v) is 8.23. The van der Waals surface area contributed by atoms with E-state index < -0.39 is 0 Å². The third-order valence-electron chi connectivity index (χ3n) is 2.27. The van der Waals surface area contributed by atoms with Gasteiger partial charge in [-0.2, -0.15) is 5.26 Å². The fraction of sp³-hybridized carbons (Fsp3) is 0.700. The predicted molar refractivity (Wildman–Crippen MR) is 51.2 cm³/mol. The minimum absolute atomic E-state index is 0.312. The number of morpholine rings is 1. The van der Waals surface area contributed by atoms with E-state index in [2.05, 4.69) is 18.7 Å². The number of allylic oxidation sites excluding steroid dienone is 1. The van der Waals surface area contributed by atoms with E-state index in [4.69, 9.17) is 10.00 Å². The summed E-state index contributed by atoms with van der Waals surface area (Å²) in [7, 11) is 0. The Labute approximate surface area is 79.6 Å². The van der Waals surface area contributed by atoms with Gasteiger partial charge in [0.15, 0.2) is 0 Å². The number of nitrogens with zero attached hydrogens (tertiary/aromatic N) is 2. The van der Waals surface area contributed by atoms with Crippen LogP contribution < -0.4 is 0 Å². The fourth-order valence-corrected chi connectivity index (χ4v) is 1.47. The second-order valence-electron chi connectivity index (χ2n) is 3.48. The molecule has 0 N–H and O–H groups in total. The molecule has 13 heavy (non-hydrogen) atoms. The van der Waals surface area contributed by atoms with Crippen molar-refractivity contribution in [2.24, 2.45) is 0 Å². The van der Waals surface area contributed by atoms with Gasteiger partial charge in [0.1, 0.15) is 0 Å². The Hall–Kier alpha value is -0.850. The SMILES string of the molecule is CC1CN(C/C=C/C#N)C(C)CO1. The van der Waals surface area contributed by atoms with Crippen molar-refractivity contribution in [2.75, 3.05) is 19.7 Å². The number of nitriles is 1. The van der Waals surface area contributed by atoms with E-state index in [9.17, 15) is 0 Å². The number of ether oxygens (including phenoxy) is 1. The summed E-state index contributed by atoms with van der Waals surface area (Å²) in [5.41, 5.74) is 0. The summed E-state index contributed by atoms with van der Waals surface area (Å²) in [6, 6.07) is 2.45. The van der Waals surface area contributed by atoms with Gasteiger partial charge in [-0.3, -0.25) is 4.90 Å². The lowest BCUT2D eigenvalue weighted by atomic mass is 10.2. The average Bonchev–Trinajstić information content (AvgIpc) is 2.11. The zero-order valence-electron chi connectivity index (χ0n) is 8.23. The van der Waals surface area contributed by atoms with Crippen molar-refractivity contribution in [3.63, 3.8) is 0 Å². The molecule has 0 aliphatic carbocycles. The Kier molecular flexibility index (Phi) is 3.94. The first-order chi connectivity index (χ1) is 6.24. The Morgan fingerprint density at radius 1 is 1.62 bits per heavy atom. The molecule has 1 rings (SSSR count). The quantitative estimate of drug-likeness (QED) is 0.599. The summed E-state index contributed by atoms with van der Waals surface area (Å²) in [4.78, 5) is 2.32. The number of rotatable bonds is 2. The van der Waals surface area contributed by atoms with E-state index in [0.29, 0.717) is 12.1 Å². The molecule has 0 spiro atoms. The molecule has 0 aromatic heterocycles. The number of hydrogen-bond acceptors (Lipinski definition) is 3. The maximum absolute atomic E-state index is 8.33. The highest BCUT2D eigenvalue weighted by atomic mass is 16.5. The lowest BCUT2D eigenvalue weighted by Gasteiger charge is -2.35. The molecule has 0 radical (unpaired) electrons. The molecule has 2 unspecified atom stereocenters. The van der Waals surface area contributed by atoms with Gasteiger partial charge in [-0.1, -0.05) is 6.08 Å². The highest BCUT2D eigenvalue weighted by Crippen LogP contribution is 2.10. The minimum Gasteiger partial charge on any atom is -0.376 e. The first kappa shape index (κ1) is 10.2. The van der Waals surface area contributed by atoms with E-state index in [1.165, 1.54) is 6.08 Å². The van der Waals surface area contributed by atoms with E-state index in [1.54, 1.807) is 0 Å². The molecule has 3 nitrogen and oxygen atoms in total. The Morgan fingerprint density at radius 2 is 2.38 bits per heavy atom. The Balaban J connectivity index is 2.38. The molecule has 1 heterocycles. The third kappa shape index (κ3) is 3.17. The van der Waals surface area contributed by atoms with Gasteiger partial charge >= 0.3 is 0 Å². The van der Waals surface area contributed by atoms with Gasteiger partial charge in [0.2, 0.25) is 0 Å². The molecular formula is C10H16N2O. The van der Waals surface area contributed by atoms with Crippen LogP contribution in [0.15, 0.2) is 12.2 Å². The highest BCUT2D eigenvalue weighted by molar-refractivity contribution is 5.03. The largest absolute Gasteiger partial charge is 0.376 e. The van der Waals surface area contributed by atoms with Crippen LogP contribution in [0.2, 0.25) is 0 Å². The highest BCUT2D eigenvalue weighted by Gasteiger charge is 2.21. The van der Waals surface area contributed by atoms with E-state index in [0.717, 1.165) is 19.7 Å². The van der Waals surface area contributed by atoms with Crippen molar-refractivity contribution < 1.29 is 4.74 Å². The zero-order chi connectivity index (χ0) is 9.68. The summed E-state index contributed by atoms with van der Waals surface area (Å²) >= 11 is 0. The fourth-order valence-electron chi connectivity index (χ4n) is 1.47. The van der Waals surface area contributed by atoms with Gasteiger partial charge in [-0.05, 0) is 13.8 Å². The first-order valence-corrected chi connectivity index (χ1v) is 4.64. The molecule has 2 atom stereocenters. The molecule has 72 valence electrons. The summed E-state index contributed by atoms with van der Waals surface area (Å²) in [5.74, 6) is 0. The van der Waals surface area contributed by atoms with Crippen LogP contribution in [0, 0.1) is 11.3 Å². The summed E-state index contributed by atoms with van der Waals surface area (Å²) in [6.07, 6.45) is 3.74. The van der Waals surface area contributed by atoms with Crippen molar-refractivity contribution >= 4 is 0 Å². The van der Waals surface area contributed by atoms with Gasteiger partial charge in [-0.25, -0.2) is 0 Å². The lowest BCUT2D eigenvalue weighted by Crippen LogP contribution is -2.47. The third-order valence-corrected chi connectivity index (χ3v) is 2.27. The van der Waals surface area contributed by atoms with Crippen LogP contribution in [0.25, 0.3) is 0 Å². The molecule has 1 aliphatic rings. The molecule has 0 saturated carbocycles. The van der Waals surface area contributed by atoms with E-state index in [-0.39, 0.29) is 0 Å². The standard InChI is InChI=1S/C10H16N2O/c1-9-8-13-10(2)7-12(9)6-4-3-5-11/h3-4,9-10H,6-8H2,1-2H3/b4-3+. The van der Waals surface area contributed by atoms with E-state index >= 15 is 0 Å². The van der Waals surface area contributed by atoms with Crippen molar-refractivity contribution in [2.45, 2.75) is 26.0 Å². The van der Waals surface area contributed by atoms with Gasteiger partial charge < -0.3 is 4.74 Å². The van der Waals surface area contributed by atoms with Crippen LogP contribution in [0.3, 0.4) is 0 Å². The second-order valence-corrected chi connectivity index (χ2v) is 3.48. The summed E-state index contributed by atoms with van der Waals surface area (Å²) < 4.78 is 5.50. The topological polar surface area (TPSA) is 36.3 Å². The van der Waals surface area contributed by atoms with E-state index in [1.807, 2.05) is 12.1 Å². The molecule has 1 fully saturated rings. The van der Waals surface area contributed by atoms with Gasteiger partial charge in [0, 0.05) is 25.2 Å². The molecule has 0 amide bonds. The summed E-state index contributed by atoms with van der Waals surface area (Å²) in [5, 5.41) is 8.33. The summed E-state index contributed by atoms with van der Waals surface area (Å²) in [6.45, 7) is 6.82. The van der Waals surface area contributed by atoms with Crippen molar-refractivity contribution in [1.82, 2.24) is 4.90 Å². The molecule has 0 bridgehead atoms. The molecular weight excluding hydrogens is 164 g/mol. The average molecular weight is 180 g/mol. The van der Waals surface area contributed by atoms with Crippen molar-refractivity contribution in [3.8, 4) is 6.07 Å². The molecule has 0 aromatic rings. The predicted octanol–water partition coefficient (Wildman–Crippen LogP) is 1.18. The van der Waals surface area contributed by atoms with Crippen LogP contribution in [-0.4, -0.2) is 36.7 Å². The molecule has 0 aromatic carbocycles. The first-order valence-electron chi connectivity index (χ1n) is 4.64. The molecule has 1 aliphatic heterocycles. The number of hydrogen-bond donors (Lipinski definition) is 0. The minimum atomic E-state index is 0.312. The van der Waals surface area contributed by atoms with Crippen LogP contribution >= 0.6 is 0 Å². The normalized spacial score (nSPS) is 30.5. The monoisotopic (exact) mass is 180 g/mol. The maximum atomic E-state index is 8.33. The lowest BCUT2D eigenvalue weighted by molar-refractivity contribution is -0.0447. The van der Waals surface area contributed by atoms with Crippen LogP contribution in [0.4, 0.5) is 0 Å². The van der Waals surface area contributed by atoms with Crippen molar-refractivity contribution in [3.05, 3.63) is 12.2 Å². The molecule has 1 saturated heterocycles. The van der Waals surface area contributed by atoms with Crippen LogP contribution in [0.5, 0.6) is 0 Å². The Bertz CT molecular complexity index is 219.